The molecule has 5 aromatic rings. The molecule has 0 aliphatic heterocycles. The van der Waals surface area contributed by atoms with Gasteiger partial charge in [-0.2, -0.15) is 0 Å². The van der Waals surface area contributed by atoms with Crippen LogP contribution in [0.2, 0.25) is 5.02 Å². The van der Waals surface area contributed by atoms with Crippen molar-refractivity contribution >= 4 is 23.3 Å². The third kappa shape index (κ3) is 9.17. The van der Waals surface area contributed by atoms with Crippen molar-refractivity contribution in [3.05, 3.63) is 153 Å². The molecule has 0 bridgehead atoms. The van der Waals surface area contributed by atoms with E-state index in [9.17, 15) is 9.90 Å². The second-order valence-electron chi connectivity index (χ2n) is 17.8. The molecular formula is C51H58ClN3O4. The third-order valence-corrected chi connectivity index (χ3v) is 13.6. The van der Waals surface area contributed by atoms with Crippen LogP contribution in [-0.4, -0.2) is 40.2 Å². The van der Waals surface area contributed by atoms with Gasteiger partial charge in [-0.15, -0.1) is 0 Å². The van der Waals surface area contributed by atoms with E-state index in [1.807, 2.05) is 36.5 Å². The summed E-state index contributed by atoms with van der Waals surface area (Å²) >= 11 is 6.34. The minimum atomic E-state index is -1.08. The molecule has 3 aliphatic rings. The molecule has 0 amide bonds. The van der Waals surface area contributed by atoms with E-state index in [0.717, 1.165) is 67.9 Å². The van der Waals surface area contributed by atoms with Crippen LogP contribution in [0, 0.1) is 11.8 Å². The van der Waals surface area contributed by atoms with E-state index < -0.39 is 11.5 Å². The summed E-state index contributed by atoms with van der Waals surface area (Å²) in [6, 6.07) is 35.4. The van der Waals surface area contributed by atoms with E-state index in [0.29, 0.717) is 48.8 Å². The summed E-state index contributed by atoms with van der Waals surface area (Å²) in [5, 5.41) is 14.8. The second kappa shape index (κ2) is 17.8. The van der Waals surface area contributed by atoms with Gasteiger partial charge in [0, 0.05) is 41.3 Å². The Morgan fingerprint density at radius 2 is 1.68 bits per heavy atom. The number of aliphatic carboxylic acids is 1. The standard InChI is InChI=1S/C51H58ClN3O4/c1-35(33-59-47-20-25-53-46-17-7-10-36(2)48(46)47)26-41-28-40-18-19-44(58-34-39-14-8-13-38(27-39)32-55(3)31-37-11-5-4-6-12-37)30-45(40)50(41)21-23-51(24-22-50,49(56)57)54-43-16-9-15-42(52)29-43/h4-6,8-9,11-16,18-20,25,27,29-30,35-36,41,54H,7,10,17,21-24,26,28,31-34H2,1-3H3,(H,56,57)/t35-,36-,41?,50?,51?/m1/s1. The lowest BCUT2D eigenvalue weighted by Gasteiger charge is -2.47. The Hall–Kier alpha value is -4.85. The number of aromatic nitrogens is 1. The summed E-state index contributed by atoms with van der Waals surface area (Å²) in [5.41, 5.74) is 8.32. The van der Waals surface area contributed by atoms with Gasteiger partial charge in [-0.05, 0) is 152 Å². The summed E-state index contributed by atoms with van der Waals surface area (Å²) in [4.78, 5) is 20.1. The van der Waals surface area contributed by atoms with Gasteiger partial charge in [0.05, 0.1) is 6.61 Å². The summed E-state index contributed by atoms with van der Waals surface area (Å²) in [7, 11) is 2.16. The number of benzene rings is 4. The molecule has 59 heavy (non-hydrogen) atoms. The van der Waals surface area contributed by atoms with E-state index in [4.69, 9.17) is 26.1 Å². The molecule has 3 aliphatic carbocycles. The molecule has 1 unspecified atom stereocenters. The number of hydrogen-bond acceptors (Lipinski definition) is 6. The maximum absolute atomic E-state index is 13.1. The van der Waals surface area contributed by atoms with Gasteiger partial charge in [-0.3, -0.25) is 9.88 Å². The number of halogens is 1. The van der Waals surface area contributed by atoms with Gasteiger partial charge < -0.3 is 19.9 Å². The molecule has 1 heterocycles. The Bertz CT molecular complexity index is 2240. The molecule has 1 spiro atoms. The Labute approximate surface area is 355 Å². The van der Waals surface area contributed by atoms with Crippen LogP contribution >= 0.6 is 11.6 Å². The lowest BCUT2D eigenvalue weighted by molar-refractivity contribution is -0.144. The summed E-state index contributed by atoms with van der Waals surface area (Å²) < 4.78 is 13.2. The molecule has 7 nitrogen and oxygen atoms in total. The average Bonchev–Trinajstić information content (AvgIpc) is 3.51. The van der Waals surface area contributed by atoms with Crippen LogP contribution in [0.15, 0.2) is 109 Å². The van der Waals surface area contributed by atoms with Crippen molar-refractivity contribution in [3.63, 3.8) is 0 Å². The maximum Gasteiger partial charge on any atom is 0.329 e. The van der Waals surface area contributed by atoms with Crippen molar-refractivity contribution in [1.29, 1.82) is 0 Å². The predicted molar refractivity (Wildman–Crippen MR) is 236 cm³/mol. The first-order chi connectivity index (χ1) is 28.6. The molecule has 1 fully saturated rings. The Morgan fingerprint density at radius 3 is 2.47 bits per heavy atom. The van der Waals surface area contributed by atoms with Crippen LogP contribution in [0.1, 0.15) is 104 Å². The molecule has 3 atom stereocenters. The number of nitrogens with one attached hydrogen (secondary N) is 1. The number of hydrogen-bond donors (Lipinski definition) is 2. The predicted octanol–water partition coefficient (Wildman–Crippen LogP) is 11.4. The zero-order chi connectivity index (χ0) is 41.0. The highest BCUT2D eigenvalue weighted by Gasteiger charge is 2.54. The molecule has 1 aromatic heterocycles. The minimum absolute atomic E-state index is 0.175. The quantitative estimate of drug-likeness (QED) is 0.109. The van der Waals surface area contributed by atoms with Crippen LogP contribution < -0.4 is 14.8 Å². The van der Waals surface area contributed by atoms with E-state index in [1.165, 1.54) is 46.4 Å². The Balaban J connectivity index is 1.00. The lowest BCUT2D eigenvalue weighted by Crippen LogP contribution is -2.53. The number of anilines is 1. The number of nitrogens with zero attached hydrogens (tertiary/aromatic N) is 2. The molecule has 2 N–H and O–H groups in total. The number of rotatable bonds is 15. The molecule has 0 radical (unpaired) electrons. The molecule has 4 aromatic carbocycles. The zero-order valence-electron chi connectivity index (χ0n) is 34.8. The van der Waals surface area contributed by atoms with Gasteiger partial charge in [0.25, 0.3) is 0 Å². The van der Waals surface area contributed by atoms with Crippen LogP contribution in [0.5, 0.6) is 11.5 Å². The van der Waals surface area contributed by atoms with E-state index in [-0.39, 0.29) is 5.41 Å². The van der Waals surface area contributed by atoms with E-state index >= 15 is 0 Å². The molecule has 8 rings (SSSR count). The normalized spacial score (nSPS) is 22.7. The third-order valence-electron chi connectivity index (χ3n) is 13.4. The second-order valence-corrected chi connectivity index (χ2v) is 18.2. The van der Waals surface area contributed by atoms with Crippen LogP contribution in [0.4, 0.5) is 5.69 Å². The fraction of sp³-hybridized carbons (Fsp3) is 0.412. The number of carbonyl (C=O) groups is 1. The first kappa shape index (κ1) is 40.9. The molecule has 0 saturated heterocycles. The smallest absolute Gasteiger partial charge is 0.329 e. The van der Waals surface area contributed by atoms with Crippen LogP contribution in [0.3, 0.4) is 0 Å². The number of pyridine rings is 1. The fourth-order valence-corrected chi connectivity index (χ4v) is 10.6. The van der Waals surface area contributed by atoms with Crippen molar-refractivity contribution in [2.24, 2.45) is 11.8 Å². The van der Waals surface area contributed by atoms with E-state index in [2.05, 4.69) is 104 Å². The first-order valence-corrected chi connectivity index (χ1v) is 21.9. The Morgan fingerprint density at radius 1 is 0.915 bits per heavy atom. The largest absolute Gasteiger partial charge is 0.493 e. The SMILES string of the molecule is C[C@@H](COc1ccnc2c1[C@H](C)CCC2)CC1Cc2ccc(OCc3cccc(CN(C)Cc4ccccc4)c3)cc2C12CCC(Nc1cccc(Cl)c1)(C(=O)O)CC2. The highest BCUT2D eigenvalue weighted by Crippen LogP contribution is 2.57. The number of carboxylic acid groups (broad SMARTS) is 1. The highest BCUT2D eigenvalue weighted by atomic mass is 35.5. The summed E-state index contributed by atoms with van der Waals surface area (Å²) in [5.74, 6) is 2.13. The fourth-order valence-electron chi connectivity index (χ4n) is 10.4. The monoisotopic (exact) mass is 811 g/mol. The highest BCUT2D eigenvalue weighted by molar-refractivity contribution is 6.30. The Kier molecular flexibility index (Phi) is 12.3. The molecule has 8 heteroatoms. The first-order valence-electron chi connectivity index (χ1n) is 21.5. The zero-order valence-corrected chi connectivity index (χ0v) is 35.5. The topological polar surface area (TPSA) is 83.9 Å². The average molecular weight is 812 g/mol. The number of carboxylic acids is 1. The lowest BCUT2D eigenvalue weighted by atomic mass is 9.59. The van der Waals surface area contributed by atoms with Crippen LogP contribution in [-0.2, 0) is 42.7 Å². The number of fused-ring (bicyclic) bond motifs is 3. The van der Waals surface area contributed by atoms with Gasteiger partial charge in [-0.1, -0.05) is 92.2 Å². The van der Waals surface area contributed by atoms with E-state index in [1.54, 1.807) is 0 Å². The molecular weight excluding hydrogens is 754 g/mol. The van der Waals surface area contributed by atoms with Crippen molar-refractivity contribution < 1.29 is 19.4 Å². The van der Waals surface area contributed by atoms with Crippen molar-refractivity contribution in [3.8, 4) is 11.5 Å². The van der Waals surface area contributed by atoms with Gasteiger partial charge >= 0.3 is 5.97 Å². The van der Waals surface area contributed by atoms with Gasteiger partial charge in [0.15, 0.2) is 0 Å². The number of ether oxygens (including phenoxy) is 2. The van der Waals surface area contributed by atoms with Crippen LogP contribution in [0.25, 0.3) is 0 Å². The summed E-state index contributed by atoms with van der Waals surface area (Å²) in [6.07, 6.45) is 9.74. The molecule has 1 saturated carbocycles. The van der Waals surface area contributed by atoms with Gasteiger partial charge in [-0.25, -0.2) is 4.79 Å². The van der Waals surface area contributed by atoms with Gasteiger partial charge in [0.2, 0.25) is 0 Å². The maximum atomic E-state index is 13.1. The number of aryl methyl sites for hydroxylation is 1. The van der Waals surface area contributed by atoms with Crippen molar-refractivity contribution in [2.45, 2.75) is 108 Å². The minimum Gasteiger partial charge on any atom is -0.493 e. The summed E-state index contributed by atoms with van der Waals surface area (Å²) in [6.45, 7) is 7.45. The van der Waals surface area contributed by atoms with Crippen molar-refractivity contribution in [1.82, 2.24) is 9.88 Å². The molecule has 308 valence electrons. The van der Waals surface area contributed by atoms with Gasteiger partial charge in [0.1, 0.15) is 23.6 Å². The van der Waals surface area contributed by atoms with Crippen molar-refractivity contribution in [2.75, 3.05) is 19.0 Å².